The molecule has 0 aliphatic heterocycles. The van der Waals surface area contributed by atoms with Crippen LogP contribution in [0.5, 0.6) is 0 Å². The Bertz CT molecular complexity index is 303. The van der Waals surface area contributed by atoms with Crippen LogP contribution in [0.1, 0.15) is 98.8 Å². The molecule has 0 aromatic heterocycles. The second kappa shape index (κ2) is 10.0. The Morgan fingerprint density at radius 1 is 0.957 bits per heavy atom. The van der Waals surface area contributed by atoms with Crippen molar-refractivity contribution < 1.29 is 10.2 Å². The van der Waals surface area contributed by atoms with Gasteiger partial charge in [-0.15, -0.1) is 0 Å². The van der Waals surface area contributed by atoms with Crippen LogP contribution in [0.2, 0.25) is 0 Å². The van der Waals surface area contributed by atoms with E-state index in [4.69, 9.17) is 0 Å². The first-order valence-corrected chi connectivity index (χ1v) is 10.1. The van der Waals surface area contributed by atoms with Gasteiger partial charge in [-0.25, -0.2) is 0 Å². The first-order valence-electron chi connectivity index (χ1n) is 10.1. The highest BCUT2D eigenvalue weighted by Gasteiger charge is 2.27. The quantitative estimate of drug-likeness (QED) is 0.552. The maximum absolute atomic E-state index is 10.5. The van der Waals surface area contributed by atoms with E-state index < -0.39 is 0 Å². The molecule has 2 atom stereocenters. The Labute approximate surface area is 145 Å². The lowest BCUT2D eigenvalue weighted by atomic mass is 9.76. The van der Waals surface area contributed by atoms with Crippen LogP contribution in [-0.4, -0.2) is 22.4 Å². The molecule has 2 nitrogen and oxygen atoms in total. The van der Waals surface area contributed by atoms with E-state index in [0.29, 0.717) is 11.8 Å². The largest absolute Gasteiger partial charge is 0.393 e. The molecular weight excluding hydrogens is 284 g/mol. The first-order chi connectivity index (χ1) is 10.7. The summed E-state index contributed by atoms with van der Waals surface area (Å²) >= 11 is 0. The summed E-state index contributed by atoms with van der Waals surface area (Å²) in [5.41, 5.74) is 0.278. The van der Waals surface area contributed by atoms with Gasteiger partial charge in [0.2, 0.25) is 0 Å². The normalized spacial score (nSPS) is 25.6. The Balaban J connectivity index is 2.21. The Hall–Kier alpha value is -0.0800. The zero-order valence-electron chi connectivity index (χ0n) is 16.4. The van der Waals surface area contributed by atoms with Gasteiger partial charge >= 0.3 is 0 Å². The monoisotopic (exact) mass is 326 g/mol. The number of aliphatic hydroxyl groups excluding tert-OH is 2. The van der Waals surface area contributed by atoms with Gasteiger partial charge in [0.05, 0.1) is 12.2 Å². The van der Waals surface area contributed by atoms with E-state index in [1.807, 2.05) is 0 Å². The van der Waals surface area contributed by atoms with Crippen molar-refractivity contribution in [3.8, 4) is 0 Å². The van der Waals surface area contributed by atoms with Crippen LogP contribution in [-0.2, 0) is 0 Å². The maximum atomic E-state index is 10.5. The SMILES string of the molecule is CC(C)C[C@@H](O)CCCC(C)(C)CCC(O)C1CCC(C)CC1. The topological polar surface area (TPSA) is 40.5 Å². The fraction of sp³-hybridized carbons (Fsp3) is 1.00. The molecule has 23 heavy (non-hydrogen) atoms. The average Bonchev–Trinajstić information content (AvgIpc) is 2.44. The van der Waals surface area contributed by atoms with Gasteiger partial charge in [-0.2, -0.15) is 0 Å². The summed E-state index contributed by atoms with van der Waals surface area (Å²) in [6, 6.07) is 0. The third-order valence-corrected chi connectivity index (χ3v) is 5.86. The van der Waals surface area contributed by atoms with Crippen LogP contribution < -0.4 is 0 Å². The van der Waals surface area contributed by atoms with Crippen molar-refractivity contribution in [2.75, 3.05) is 0 Å². The molecule has 1 fully saturated rings. The van der Waals surface area contributed by atoms with Crippen LogP contribution in [0.25, 0.3) is 0 Å². The lowest BCUT2D eigenvalue weighted by molar-refractivity contribution is 0.0558. The van der Waals surface area contributed by atoms with Gasteiger partial charge in [0.15, 0.2) is 0 Å². The predicted molar refractivity (Wildman–Crippen MR) is 99.5 cm³/mol. The van der Waals surface area contributed by atoms with Gasteiger partial charge in [-0.3, -0.25) is 0 Å². The van der Waals surface area contributed by atoms with Crippen molar-refractivity contribution in [1.82, 2.24) is 0 Å². The zero-order valence-corrected chi connectivity index (χ0v) is 16.4. The minimum Gasteiger partial charge on any atom is -0.393 e. The standard InChI is InChI=1S/C21H42O2/c1-16(2)15-19(22)7-6-13-21(4,5)14-12-20(23)18-10-8-17(3)9-11-18/h16-20,22-23H,6-15H2,1-5H3/t17?,18?,19-,20?/m0/s1. The van der Waals surface area contributed by atoms with Crippen molar-refractivity contribution in [2.24, 2.45) is 23.2 Å². The van der Waals surface area contributed by atoms with Crippen molar-refractivity contribution in [3.63, 3.8) is 0 Å². The number of aliphatic hydroxyl groups is 2. The number of hydrogen-bond acceptors (Lipinski definition) is 2. The fourth-order valence-corrected chi connectivity index (χ4v) is 4.05. The van der Waals surface area contributed by atoms with E-state index in [1.54, 1.807) is 0 Å². The molecule has 0 heterocycles. The van der Waals surface area contributed by atoms with Gasteiger partial charge in [0, 0.05) is 0 Å². The van der Waals surface area contributed by atoms with Crippen molar-refractivity contribution in [2.45, 2.75) is 111 Å². The molecule has 0 aromatic rings. The number of hydrogen-bond donors (Lipinski definition) is 2. The highest BCUT2D eigenvalue weighted by Crippen LogP contribution is 2.35. The Morgan fingerprint density at radius 3 is 2.13 bits per heavy atom. The van der Waals surface area contributed by atoms with E-state index in [2.05, 4.69) is 34.6 Å². The predicted octanol–water partition coefficient (Wildman–Crippen LogP) is 5.56. The summed E-state index contributed by atoms with van der Waals surface area (Å²) in [5.74, 6) is 1.97. The zero-order chi connectivity index (χ0) is 17.5. The molecule has 2 heteroatoms. The van der Waals surface area contributed by atoms with Gasteiger partial charge in [-0.05, 0) is 68.1 Å². The van der Waals surface area contributed by atoms with E-state index in [-0.39, 0.29) is 17.6 Å². The van der Waals surface area contributed by atoms with Gasteiger partial charge in [0.25, 0.3) is 0 Å². The molecule has 1 aliphatic rings. The summed E-state index contributed by atoms with van der Waals surface area (Å²) in [7, 11) is 0. The van der Waals surface area contributed by atoms with Crippen molar-refractivity contribution in [3.05, 3.63) is 0 Å². The summed E-state index contributed by atoms with van der Waals surface area (Å²) in [6.07, 6.45) is 10.9. The Kier molecular flexibility index (Phi) is 9.15. The highest BCUT2D eigenvalue weighted by atomic mass is 16.3. The van der Waals surface area contributed by atoms with Crippen LogP contribution >= 0.6 is 0 Å². The van der Waals surface area contributed by atoms with Crippen molar-refractivity contribution in [1.29, 1.82) is 0 Å². The van der Waals surface area contributed by atoms with Crippen LogP contribution in [0.15, 0.2) is 0 Å². The minimum atomic E-state index is -0.138. The molecule has 0 amide bonds. The van der Waals surface area contributed by atoms with Gasteiger partial charge in [-0.1, -0.05) is 53.9 Å². The Morgan fingerprint density at radius 2 is 1.57 bits per heavy atom. The third-order valence-electron chi connectivity index (χ3n) is 5.86. The molecule has 0 radical (unpaired) electrons. The molecule has 2 N–H and O–H groups in total. The summed E-state index contributed by atoms with van der Waals surface area (Å²) < 4.78 is 0. The second-order valence-electron chi connectivity index (χ2n) is 9.47. The molecule has 0 aromatic carbocycles. The second-order valence-corrected chi connectivity index (χ2v) is 9.47. The highest BCUT2D eigenvalue weighted by molar-refractivity contribution is 4.79. The molecule has 1 aliphatic carbocycles. The molecule has 0 bridgehead atoms. The maximum Gasteiger partial charge on any atom is 0.0568 e. The average molecular weight is 327 g/mol. The smallest absolute Gasteiger partial charge is 0.0568 e. The van der Waals surface area contributed by atoms with E-state index >= 15 is 0 Å². The fourth-order valence-electron chi connectivity index (χ4n) is 4.05. The van der Waals surface area contributed by atoms with E-state index in [9.17, 15) is 10.2 Å². The molecule has 138 valence electrons. The molecule has 1 rings (SSSR count). The summed E-state index contributed by atoms with van der Waals surface area (Å²) in [5, 5.41) is 20.5. The van der Waals surface area contributed by atoms with Crippen LogP contribution in [0.4, 0.5) is 0 Å². The van der Waals surface area contributed by atoms with Crippen LogP contribution in [0, 0.1) is 23.2 Å². The van der Waals surface area contributed by atoms with Gasteiger partial charge < -0.3 is 10.2 Å². The van der Waals surface area contributed by atoms with Crippen molar-refractivity contribution >= 4 is 0 Å². The summed E-state index contributed by atoms with van der Waals surface area (Å²) in [6.45, 7) is 11.3. The first kappa shape index (κ1) is 21.0. The lowest BCUT2D eigenvalue weighted by Crippen LogP contribution is -2.27. The lowest BCUT2D eigenvalue weighted by Gasteiger charge is -2.32. The molecule has 0 spiro atoms. The number of rotatable bonds is 10. The van der Waals surface area contributed by atoms with Gasteiger partial charge in [0.1, 0.15) is 0 Å². The molecule has 0 saturated heterocycles. The minimum absolute atomic E-state index is 0.103. The molecule has 1 saturated carbocycles. The third kappa shape index (κ3) is 9.10. The van der Waals surface area contributed by atoms with Crippen LogP contribution in [0.3, 0.4) is 0 Å². The molecular formula is C21H42O2. The van der Waals surface area contributed by atoms with E-state index in [1.165, 1.54) is 25.7 Å². The molecule has 1 unspecified atom stereocenters. The summed E-state index contributed by atoms with van der Waals surface area (Å²) in [4.78, 5) is 0. The van der Waals surface area contributed by atoms with E-state index in [0.717, 1.165) is 44.4 Å².